The second kappa shape index (κ2) is 5.01. The molecular weight excluding hydrogens is 174 g/mol. The lowest BCUT2D eigenvalue weighted by Gasteiger charge is -2.23. The summed E-state index contributed by atoms with van der Waals surface area (Å²) in [6.07, 6.45) is 11.5. The smallest absolute Gasteiger partial charge is 0.102 e. The minimum atomic E-state index is -0.259. The monoisotopic (exact) mass is 193 g/mol. The highest BCUT2D eigenvalue weighted by Gasteiger charge is 2.16. The van der Waals surface area contributed by atoms with E-state index in [1.165, 1.54) is 0 Å². The number of rotatable bonds is 3. The van der Waals surface area contributed by atoms with Crippen molar-refractivity contribution >= 4 is 0 Å². The summed E-state index contributed by atoms with van der Waals surface area (Å²) in [5.74, 6) is 0. The second-order valence-electron chi connectivity index (χ2n) is 3.50. The molecule has 0 heterocycles. The van der Waals surface area contributed by atoms with Crippen LogP contribution in [0.1, 0.15) is 20.3 Å². The summed E-state index contributed by atoms with van der Waals surface area (Å²) >= 11 is 0. The van der Waals surface area contributed by atoms with E-state index in [0.717, 1.165) is 18.7 Å². The van der Waals surface area contributed by atoms with Gasteiger partial charge in [0, 0.05) is 19.4 Å². The van der Waals surface area contributed by atoms with Gasteiger partial charge in [0.2, 0.25) is 0 Å². The van der Waals surface area contributed by atoms with E-state index in [0.29, 0.717) is 0 Å². The third kappa shape index (κ3) is 3.04. The summed E-state index contributed by atoms with van der Waals surface area (Å²) in [4.78, 5) is 0. The molecule has 0 fully saturated rings. The van der Waals surface area contributed by atoms with Gasteiger partial charge < -0.3 is 10.1 Å². The van der Waals surface area contributed by atoms with E-state index in [1.54, 1.807) is 0 Å². The zero-order valence-corrected chi connectivity index (χ0v) is 9.21. The van der Waals surface area contributed by atoms with Crippen LogP contribution in [0.25, 0.3) is 0 Å². The Hall–Kier alpha value is -1.02. The molecule has 0 aromatic rings. The van der Waals surface area contributed by atoms with E-state index in [2.05, 4.69) is 42.6 Å². The van der Waals surface area contributed by atoms with Crippen LogP contribution in [-0.2, 0) is 4.74 Å². The van der Waals surface area contributed by atoms with Crippen molar-refractivity contribution in [3.05, 3.63) is 36.1 Å². The number of allylic oxidation sites excluding steroid dienone is 3. The third-order valence-electron chi connectivity index (χ3n) is 2.26. The molecule has 0 spiro atoms. The van der Waals surface area contributed by atoms with Gasteiger partial charge in [-0.3, -0.25) is 0 Å². The van der Waals surface area contributed by atoms with Crippen LogP contribution in [0, 0.1) is 0 Å². The molecular formula is C12H19NO. The Kier molecular flexibility index (Phi) is 3.96. The molecule has 1 unspecified atom stereocenters. The van der Waals surface area contributed by atoms with E-state index in [9.17, 15) is 0 Å². The normalized spacial score (nSPS) is 34.9. The van der Waals surface area contributed by atoms with Crippen molar-refractivity contribution in [3.63, 3.8) is 0 Å². The SMILES string of the molecule is CCOC1(C)/C=C\C/C=C(NC)\C=C/1. The summed E-state index contributed by atoms with van der Waals surface area (Å²) in [7, 11) is 1.93. The highest BCUT2D eigenvalue weighted by atomic mass is 16.5. The lowest BCUT2D eigenvalue weighted by molar-refractivity contribution is 0.0506. The molecule has 1 aliphatic rings. The van der Waals surface area contributed by atoms with Gasteiger partial charge in [-0.1, -0.05) is 18.2 Å². The lowest BCUT2D eigenvalue weighted by atomic mass is 10.0. The molecule has 14 heavy (non-hydrogen) atoms. The van der Waals surface area contributed by atoms with Gasteiger partial charge in [-0.05, 0) is 32.4 Å². The largest absolute Gasteiger partial charge is 0.388 e. The number of nitrogens with one attached hydrogen (secondary N) is 1. The molecule has 2 heteroatoms. The first kappa shape index (κ1) is 11.1. The molecule has 0 radical (unpaired) electrons. The van der Waals surface area contributed by atoms with Crippen LogP contribution >= 0.6 is 0 Å². The Labute approximate surface area is 86.3 Å². The first-order valence-corrected chi connectivity index (χ1v) is 5.09. The Balaban J connectivity index is 2.81. The van der Waals surface area contributed by atoms with Gasteiger partial charge in [0.05, 0.1) is 0 Å². The van der Waals surface area contributed by atoms with Gasteiger partial charge in [-0.2, -0.15) is 0 Å². The quantitative estimate of drug-likeness (QED) is 0.695. The second-order valence-corrected chi connectivity index (χ2v) is 3.50. The van der Waals surface area contributed by atoms with Crippen molar-refractivity contribution in [2.45, 2.75) is 25.9 Å². The molecule has 0 aromatic heterocycles. The molecule has 1 aliphatic carbocycles. The lowest BCUT2D eigenvalue weighted by Crippen LogP contribution is -2.24. The zero-order chi connectivity index (χ0) is 10.4. The van der Waals surface area contributed by atoms with Crippen molar-refractivity contribution in [2.75, 3.05) is 13.7 Å². The fourth-order valence-corrected chi connectivity index (χ4v) is 1.47. The molecule has 2 nitrogen and oxygen atoms in total. The Bertz CT molecular complexity index is 265. The fraction of sp³-hybridized carbons (Fsp3) is 0.500. The third-order valence-corrected chi connectivity index (χ3v) is 2.26. The van der Waals surface area contributed by atoms with Gasteiger partial charge in [-0.25, -0.2) is 0 Å². The number of hydrogen-bond acceptors (Lipinski definition) is 2. The van der Waals surface area contributed by atoms with Gasteiger partial charge >= 0.3 is 0 Å². The summed E-state index contributed by atoms with van der Waals surface area (Å²) in [5, 5.41) is 3.14. The highest BCUT2D eigenvalue weighted by Crippen LogP contribution is 2.17. The van der Waals surface area contributed by atoms with Crippen molar-refractivity contribution in [1.29, 1.82) is 0 Å². The van der Waals surface area contributed by atoms with E-state index in [1.807, 2.05) is 14.0 Å². The molecule has 78 valence electrons. The number of likely N-dealkylation sites (N-methyl/N-ethyl adjacent to an activating group) is 1. The van der Waals surface area contributed by atoms with Crippen molar-refractivity contribution in [2.24, 2.45) is 0 Å². The van der Waals surface area contributed by atoms with Gasteiger partial charge in [0.15, 0.2) is 0 Å². The fourth-order valence-electron chi connectivity index (χ4n) is 1.47. The Morgan fingerprint density at radius 2 is 2.29 bits per heavy atom. The Morgan fingerprint density at radius 1 is 1.50 bits per heavy atom. The summed E-state index contributed by atoms with van der Waals surface area (Å²) < 4.78 is 5.67. The van der Waals surface area contributed by atoms with Crippen LogP contribution in [0.3, 0.4) is 0 Å². The summed E-state index contributed by atoms with van der Waals surface area (Å²) in [6.45, 7) is 4.81. The predicted octanol–water partition coefficient (Wildman–Crippen LogP) is 2.40. The maximum absolute atomic E-state index is 5.67. The molecule has 0 aliphatic heterocycles. The first-order valence-electron chi connectivity index (χ1n) is 5.09. The molecule has 0 bridgehead atoms. The van der Waals surface area contributed by atoms with E-state index in [-0.39, 0.29) is 5.60 Å². The standard InChI is InChI=1S/C12H19NO/c1-4-14-12(2)9-6-5-7-11(13-3)8-10-12/h6-10,13H,4-5H2,1-3H3/b9-6-,10-8-,11-7+. The van der Waals surface area contributed by atoms with Crippen LogP contribution in [0.2, 0.25) is 0 Å². The maximum Gasteiger partial charge on any atom is 0.102 e. The number of hydrogen-bond donors (Lipinski definition) is 1. The minimum absolute atomic E-state index is 0.259. The van der Waals surface area contributed by atoms with Gasteiger partial charge in [0.25, 0.3) is 0 Å². The van der Waals surface area contributed by atoms with E-state index in [4.69, 9.17) is 4.74 Å². The maximum atomic E-state index is 5.67. The molecule has 0 saturated heterocycles. The van der Waals surface area contributed by atoms with E-state index >= 15 is 0 Å². The molecule has 1 atom stereocenters. The van der Waals surface area contributed by atoms with Crippen LogP contribution in [0.15, 0.2) is 36.1 Å². The average molecular weight is 193 g/mol. The predicted molar refractivity (Wildman–Crippen MR) is 60.1 cm³/mol. The average Bonchev–Trinajstić information content (AvgIpc) is 2.14. The van der Waals surface area contributed by atoms with Crippen molar-refractivity contribution in [3.8, 4) is 0 Å². The van der Waals surface area contributed by atoms with Crippen molar-refractivity contribution < 1.29 is 4.74 Å². The zero-order valence-electron chi connectivity index (χ0n) is 9.21. The molecule has 0 amide bonds. The van der Waals surface area contributed by atoms with Crippen LogP contribution in [0.5, 0.6) is 0 Å². The minimum Gasteiger partial charge on any atom is -0.388 e. The van der Waals surface area contributed by atoms with Crippen LogP contribution in [-0.4, -0.2) is 19.3 Å². The van der Waals surface area contributed by atoms with Crippen molar-refractivity contribution in [1.82, 2.24) is 5.32 Å². The molecule has 1 N–H and O–H groups in total. The molecule has 1 rings (SSSR count). The summed E-state index contributed by atoms with van der Waals surface area (Å²) in [6, 6.07) is 0. The molecule has 0 aromatic carbocycles. The first-order chi connectivity index (χ1) is 6.70. The van der Waals surface area contributed by atoms with E-state index < -0.39 is 0 Å². The van der Waals surface area contributed by atoms with Gasteiger partial charge in [0.1, 0.15) is 5.60 Å². The van der Waals surface area contributed by atoms with Crippen LogP contribution in [0.4, 0.5) is 0 Å². The van der Waals surface area contributed by atoms with Crippen LogP contribution < -0.4 is 5.32 Å². The highest BCUT2D eigenvalue weighted by molar-refractivity contribution is 5.26. The molecule has 0 saturated carbocycles. The van der Waals surface area contributed by atoms with Gasteiger partial charge in [-0.15, -0.1) is 0 Å². The summed E-state index contributed by atoms with van der Waals surface area (Å²) in [5.41, 5.74) is 0.880. The Morgan fingerprint density at radius 3 is 2.93 bits per heavy atom. The number of ether oxygens (including phenoxy) is 1. The topological polar surface area (TPSA) is 21.3 Å².